The number of aliphatic carboxylic acids is 1. The topological polar surface area (TPSA) is 57.6 Å². The van der Waals surface area contributed by atoms with Crippen LogP contribution in [0.5, 0.6) is 0 Å². The van der Waals surface area contributed by atoms with Gasteiger partial charge in [0.15, 0.2) is 0 Å². The Bertz CT molecular complexity index is 528. The number of hydrogen-bond acceptors (Lipinski definition) is 2. The van der Waals surface area contributed by atoms with Gasteiger partial charge in [0.25, 0.3) is 5.91 Å². The van der Waals surface area contributed by atoms with Crippen LogP contribution < -0.4 is 0 Å². The van der Waals surface area contributed by atoms with Gasteiger partial charge in [0.1, 0.15) is 5.82 Å². The first-order valence-corrected chi connectivity index (χ1v) is 6.39. The first-order chi connectivity index (χ1) is 9.08. The van der Waals surface area contributed by atoms with Gasteiger partial charge in [0, 0.05) is 17.6 Å². The Morgan fingerprint density at radius 2 is 1.89 bits per heavy atom. The Hall–Kier alpha value is -1.91. The Labute approximate surface area is 109 Å². The lowest BCUT2D eigenvalue weighted by Gasteiger charge is -2.23. The molecule has 2 fully saturated rings. The first-order valence-electron chi connectivity index (χ1n) is 6.39. The zero-order valence-electron chi connectivity index (χ0n) is 10.3. The molecule has 5 heteroatoms. The van der Waals surface area contributed by atoms with E-state index < -0.39 is 11.9 Å². The molecule has 3 rings (SSSR count). The summed E-state index contributed by atoms with van der Waals surface area (Å²) >= 11 is 0. The van der Waals surface area contributed by atoms with E-state index in [1.165, 1.54) is 24.3 Å². The molecule has 0 aliphatic carbocycles. The van der Waals surface area contributed by atoms with Gasteiger partial charge in [-0.05, 0) is 43.5 Å². The highest BCUT2D eigenvalue weighted by Gasteiger charge is 2.51. The summed E-state index contributed by atoms with van der Waals surface area (Å²) in [6.45, 7) is 0. The second-order valence-electron chi connectivity index (χ2n) is 5.20. The number of hydrogen-bond donors (Lipinski definition) is 1. The Morgan fingerprint density at radius 3 is 2.47 bits per heavy atom. The van der Waals surface area contributed by atoms with Gasteiger partial charge in [0.05, 0.1) is 5.92 Å². The molecule has 100 valence electrons. The summed E-state index contributed by atoms with van der Waals surface area (Å²) in [6, 6.07) is 5.21. The predicted octanol–water partition coefficient (Wildman–Crippen LogP) is 1.90. The molecule has 19 heavy (non-hydrogen) atoms. The lowest BCUT2D eigenvalue weighted by molar-refractivity contribution is -0.142. The molecule has 1 amide bonds. The smallest absolute Gasteiger partial charge is 0.308 e. The predicted molar refractivity (Wildman–Crippen MR) is 65.1 cm³/mol. The highest BCUT2D eigenvalue weighted by atomic mass is 19.1. The molecule has 1 N–H and O–H groups in total. The van der Waals surface area contributed by atoms with E-state index in [0.717, 1.165) is 12.8 Å². The summed E-state index contributed by atoms with van der Waals surface area (Å²) < 4.78 is 12.9. The van der Waals surface area contributed by atoms with E-state index in [4.69, 9.17) is 5.11 Å². The van der Waals surface area contributed by atoms with Crippen LogP contribution in [0.2, 0.25) is 0 Å². The molecule has 0 radical (unpaired) electrons. The summed E-state index contributed by atoms with van der Waals surface area (Å²) in [7, 11) is 0. The number of rotatable bonds is 2. The van der Waals surface area contributed by atoms with Crippen molar-refractivity contribution in [1.82, 2.24) is 4.90 Å². The van der Waals surface area contributed by atoms with Crippen LogP contribution in [-0.2, 0) is 4.79 Å². The maximum atomic E-state index is 12.9. The SMILES string of the molecule is O=C(O)C1CC2CCC1N2C(=O)c1ccc(F)cc1. The summed E-state index contributed by atoms with van der Waals surface area (Å²) in [5.74, 6) is -1.85. The summed E-state index contributed by atoms with van der Waals surface area (Å²) in [4.78, 5) is 25.2. The number of carboxylic acids is 1. The lowest BCUT2D eigenvalue weighted by Crippen LogP contribution is -2.37. The molecule has 2 heterocycles. The van der Waals surface area contributed by atoms with Crippen molar-refractivity contribution in [1.29, 1.82) is 0 Å². The van der Waals surface area contributed by atoms with E-state index in [2.05, 4.69) is 0 Å². The molecule has 2 saturated heterocycles. The van der Waals surface area contributed by atoms with Crippen molar-refractivity contribution >= 4 is 11.9 Å². The molecule has 1 aromatic carbocycles. The monoisotopic (exact) mass is 263 g/mol. The molecule has 3 atom stereocenters. The fourth-order valence-corrected chi connectivity index (χ4v) is 3.31. The first kappa shape index (κ1) is 12.1. The van der Waals surface area contributed by atoms with Gasteiger partial charge in [-0.15, -0.1) is 0 Å². The second kappa shape index (κ2) is 4.33. The molecule has 4 nitrogen and oxygen atoms in total. The third-order valence-electron chi connectivity index (χ3n) is 4.18. The van der Waals surface area contributed by atoms with Crippen molar-refractivity contribution in [2.75, 3.05) is 0 Å². The van der Waals surface area contributed by atoms with E-state index >= 15 is 0 Å². The van der Waals surface area contributed by atoms with Crippen LogP contribution >= 0.6 is 0 Å². The largest absolute Gasteiger partial charge is 0.481 e. The minimum atomic E-state index is -0.830. The number of carboxylic acid groups (broad SMARTS) is 1. The van der Waals surface area contributed by atoms with E-state index in [0.29, 0.717) is 12.0 Å². The molecule has 0 saturated carbocycles. The van der Waals surface area contributed by atoms with Crippen molar-refractivity contribution in [3.8, 4) is 0 Å². The number of benzene rings is 1. The zero-order valence-corrected chi connectivity index (χ0v) is 10.3. The molecule has 1 aromatic rings. The second-order valence-corrected chi connectivity index (χ2v) is 5.20. The third kappa shape index (κ3) is 1.89. The lowest BCUT2D eigenvalue weighted by atomic mass is 9.89. The maximum absolute atomic E-state index is 12.9. The molecule has 0 spiro atoms. The van der Waals surface area contributed by atoms with Crippen molar-refractivity contribution in [2.45, 2.75) is 31.3 Å². The maximum Gasteiger partial charge on any atom is 0.308 e. The van der Waals surface area contributed by atoms with Gasteiger partial charge in [0.2, 0.25) is 0 Å². The van der Waals surface area contributed by atoms with E-state index in [1.807, 2.05) is 0 Å². The van der Waals surface area contributed by atoms with Crippen molar-refractivity contribution in [3.63, 3.8) is 0 Å². The number of amides is 1. The normalized spacial score (nSPS) is 28.7. The average Bonchev–Trinajstić information content (AvgIpc) is 2.96. The van der Waals surface area contributed by atoms with Gasteiger partial charge in [-0.2, -0.15) is 0 Å². The number of halogens is 1. The van der Waals surface area contributed by atoms with Gasteiger partial charge in [-0.25, -0.2) is 4.39 Å². The standard InChI is InChI=1S/C14H14FNO3/c15-9-3-1-8(2-4-9)13(17)16-10-5-6-12(16)11(7-10)14(18)19/h1-4,10-12H,5-7H2,(H,18,19). The van der Waals surface area contributed by atoms with Crippen LogP contribution in [0.3, 0.4) is 0 Å². The van der Waals surface area contributed by atoms with Crippen molar-refractivity contribution in [2.24, 2.45) is 5.92 Å². The fourth-order valence-electron chi connectivity index (χ4n) is 3.31. The van der Waals surface area contributed by atoms with Crippen LogP contribution in [-0.4, -0.2) is 34.0 Å². The summed E-state index contributed by atoms with van der Waals surface area (Å²) in [5, 5.41) is 9.15. The van der Waals surface area contributed by atoms with Gasteiger partial charge in [-0.1, -0.05) is 0 Å². The highest BCUT2D eigenvalue weighted by Crippen LogP contribution is 2.42. The molecular formula is C14H14FNO3. The minimum Gasteiger partial charge on any atom is -0.481 e. The van der Waals surface area contributed by atoms with Crippen LogP contribution in [0.25, 0.3) is 0 Å². The number of carbonyl (C=O) groups is 2. The Balaban J connectivity index is 1.85. The highest BCUT2D eigenvalue weighted by molar-refractivity contribution is 5.95. The fraction of sp³-hybridized carbons (Fsp3) is 0.429. The molecular weight excluding hydrogens is 249 g/mol. The van der Waals surface area contributed by atoms with Crippen molar-refractivity contribution < 1.29 is 19.1 Å². The zero-order chi connectivity index (χ0) is 13.6. The van der Waals surface area contributed by atoms with Gasteiger partial charge >= 0.3 is 5.97 Å². The minimum absolute atomic E-state index is 0.0173. The average molecular weight is 263 g/mol. The molecule has 2 aliphatic heterocycles. The quantitative estimate of drug-likeness (QED) is 0.886. The summed E-state index contributed by atoms with van der Waals surface area (Å²) in [5.41, 5.74) is 0.421. The number of carbonyl (C=O) groups excluding carboxylic acids is 1. The van der Waals surface area contributed by atoms with E-state index in [9.17, 15) is 14.0 Å². The molecule has 0 aromatic heterocycles. The molecule has 2 aliphatic rings. The number of nitrogens with zero attached hydrogens (tertiary/aromatic N) is 1. The Kier molecular flexibility index (Phi) is 2.77. The third-order valence-corrected chi connectivity index (χ3v) is 4.18. The van der Waals surface area contributed by atoms with E-state index in [-0.39, 0.29) is 23.8 Å². The van der Waals surface area contributed by atoms with E-state index in [1.54, 1.807) is 4.90 Å². The Morgan fingerprint density at radius 1 is 1.21 bits per heavy atom. The van der Waals surface area contributed by atoms with Gasteiger partial charge in [-0.3, -0.25) is 9.59 Å². The number of fused-ring (bicyclic) bond motifs is 2. The van der Waals surface area contributed by atoms with Gasteiger partial charge < -0.3 is 10.0 Å². The van der Waals surface area contributed by atoms with Crippen LogP contribution in [0.15, 0.2) is 24.3 Å². The van der Waals surface area contributed by atoms with Crippen LogP contribution in [0, 0.1) is 11.7 Å². The van der Waals surface area contributed by atoms with Crippen LogP contribution in [0.1, 0.15) is 29.6 Å². The molecule has 2 bridgehead atoms. The van der Waals surface area contributed by atoms with Crippen molar-refractivity contribution in [3.05, 3.63) is 35.6 Å². The van der Waals surface area contributed by atoms with Crippen LogP contribution in [0.4, 0.5) is 4.39 Å². The summed E-state index contributed by atoms with van der Waals surface area (Å²) in [6.07, 6.45) is 2.14. The molecule has 3 unspecified atom stereocenters.